The lowest BCUT2D eigenvalue weighted by atomic mass is 10.1. The molecule has 6 nitrogen and oxygen atoms in total. The third-order valence-corrected chi connectivity index (χ3v) is 4.39. The number of hydrogen-bond acceptors (Lipinski definition) is 5. The van der Waals surface area contributed by atoms with Crippen LogP contribution in [0.15, 0.2) is 47.3 Å². The van der Waals surface area contributed by atoms with E-state index in [1.54, 1.807) is 38.3 Å². The van der Waals surface area contributed by atoms with Crippen molar-refractivity contribution in [2.24, 2.45) is 0 Å². The van der Waals surface area contributed by atoms with Gasteiger partial charge in [0.2, 0.25) is 0 Å². The maximum atomic E-state index is 14.5. The summed E-state index contributed by atoms with van der Waals surface area (Å²) in [6.45, 7) is 3.78. The molecule has 0 aliphatic rings. The second kappa shape index (κ2) is 8.68. The van der Waals surface area contributed by atoms with E-state index in [1.807, 2.05) is 6.92 Å². The molecule has 0 aliphatic heterocycles. The molecule has 0 saturated carbocycles. The van der Waals surface area contributed by atoms with Crippen molar-refractivity contribution in [3.8, 4) is 11.4 Å². The van der Waals surface area contributed by atoms with Gasteiger partial charge in [0.25, 0.3) is 5.56 Å². The van der Waals surface area contributed by atoms with Gasteiger partial charge in [0, 0.05) is 24.1 Å². The normalized spacial score (nSPS) is 11.2. The number of benzene rings is 2. The van der Waals surface area contributed by atoms with Gasteiger partial charge in [-0.3, -0.25) is 9.36 Å². The number of rotatable bonds is 6. The third-order valence-electron chi connectivity index (χ3n) is 4.39. The fourth-order valence-corrected chi connectivity index (χ4v) is 2.98. The summed E-state index contributed by atoms with van der Waals surface area (Å²) < 4.78 is 25.9. The van der Waals surface area contributed by atoms with Gasteiger partial charge in [-0.2, -0.15) is 0 Å². The number of carbonyl (C=O) groups excluding carboxylic acids is 1. The predicted molar refractivity (Wildman–Crippen MR) is 109 cm³/mol. The van der Waals surface area contributed by atoms with Crippen molar-refractivity contribution >= 4 is 22.9 Å². The zero-order chi connectivity index (χ0) is 21.0. The Balaban J connectivity index is 2.17. The topological polar surface area (TPSA) is 70.4 Å². The molecule has 3 aromatic rings. The predicted octanol–water partition coefficient (Wildman–Crippen LogP) is 3.67. The fourth-order valence-electron chi connectivity index (χ4n) is 2.98. The molecule has 0 amide bonds. The quantitative estimate of drug-likeness (QED) is 0.470. The first kappa shape index (κ1) is 20.3. The van der Waals surface area contributed by atoms with Gasteiger partial charge in [0.05, 0.1) is 30.3 Å². The van der Waals surface area contributed by atoms with E-state index in [1.165, 1.54) is 22.8 Å². The van der Waals surface area contributed by atoms with Crippen LogP contribution in [0.3, 0.4) is 0 Å². The van der Waals surface area contributed by atoms with Gasteiger partial charge < -0.3 is 9.47 Å². The van der Waals surface area contributed by atoms with Gasteiger partial charge in [0.1, 0.15) is 17.4 Å². The van der Waals surface area contributed by atoms with E-state index in [0.29, 0.717) is 23.7 Å². The molecule has 1 aromatic heterocycles. The Labute approximate surface area is 167 Å². The van der Waals surface area contributed by atoms with Gasteiger partial charge in [-0.25, -0.2) is 14.2 Å². The Kier molecular flexibility index (Phi) is 6.07. The first-order valence-corrected chi connectivity index (χ1v) is 9.22. The van der Waals surface area contributed by atoms with Crippen LogP contribution in [0, 0.1) is 5.82 Å². The number of aryl methyl sites for hydroxylation is 1. The molecule has 0 fully saturated rings. The Morgan fingerprint density at radius 1 is 1.21 bits per heavy atom. The van der Waals surface area contributed by atoms with E-state index in [-0.39, 0.29) is 28.6 Å². The number of hydrogen-bond donors (Lipinski definition) is 0. The molecular weight excluding hydrogens is 375 g/mol. The van der Waals surface area contributed by atoms with E-state index < -0.39 is 11.8 Å². The molecule has 0 radical (unpaired) electrons. The van der Waals surface area contributed by atoms with Crippen LogP contribution in [0.1, 0.15) is 25.2 Å². The Morgan fingerprint density at radius 3 is 2.55 bits per heavy atom. The molecule has 0 unspecified atom stereocenters. The molecular formula is C22H21FN2O4. The van der Waals surface area contributed by atoms with Crippen LogP contribution in [-0.2, 0) is 16.0 Å². The first-order valence-electron chi connectivity index (χ1n) is 9.22. The maximum Gasteiger partial charge on any atom is 0.330 e. The number of esters is 1. The van der Waals surface area contributed by atoms with Gasteiger partial charge in [-0.1, -0.05) is 6.92 Å². The van der Waals surface area contributed by atoms with Crippen LogP contribution in [0.4, 0.5) is 4.39 Å². The van der Waals surface area contributed by atoms with Crippen molar-refractivity contribution in [2.75, 3.05) is 13.7 Å². The number of methoxy groups -OCH3 is 1. The highest BCUT2D eigenvalue weighted by molar-refractivity contribution is 5.88. The number of aromatic nitrogens is 2. The van der Waals surface area contributed by atoms with Crippen LogP contribution in [0.5, 0.6) is 5.75 Å². The third kappa shape index (κ3) is 4.18. The fraction of sp³-hybridized carbons (Fsp3) is 0.227. The lowest BCUT2D eigenvalue weighted by Gasteiger charge is -2.13. The molecule has 0 spiro atoms. The van der Waals surface area contributed by atoms with E-state index in [4.69, 9.17) is 9.47 Å². The Morgan fingerprint density at radius 2 is 1.93 bits per heavy atom. The zero-order valence-electron chi connectivity index (χ0n) is 16.4. The van der Waals surface area contributed by atoms with Crippen molar-refractivity contribution in [1.29, 1.82) is 0 Å². The van der Waals surface area contributed by atoms with Crippen LogP contribution in [0.2, 0.25) is 0 Å². The van der Waals surface area contributed by atoms with Gasteiger partial charge in [-0.05, 0) is 43.3 Å². The number of nitrogens with zero attached hydrogens (tertiary/aromatic N) is 2. The minimum atomic E-state index is -0.581. The monoisotopic (exact) mass is 396 g/mol. The number of ether oxygens (including phenoxy) is 2. The van der Waals surface area contributed by atoms with E-state index in [2.05, 4.69) is 4.98 Å². The zero-order valence-corrected chi connectivity index (χ0v) is 16.4. The molecule has 0 saturated heterocycles. The smallest absolute Gasteiger partial charge is 0.330 e. The van der Waals surface area contributed by atoms with Crippen molar-refractivity contribution in [1.82, 2.24) is 9.55 Å². The average Bonchev–Trinajstić information content (AvgIpc) is 2.72. The summed E-state index contributed by atoms with van der Waals surface area (Å²) in [4.78, 5) is 29.2. The van der Waals surface area contributed by atoms with Crippen molar-refractivity contribution < 1.29 is 18.7 Å². The standard InChI is InChI=1S/C22H21FN2O4/c1-4-20-24-19-13-18(23)14(6-11-21(26)29-5-2)12-17(19)22(27)25(20)15-7-9-16(28-3)10-8-15/h6-13H,4-5H2,1-3H3/b11-6+. The van der Waals surface area contributed by atoms with Crippen LogP contribution < -0.4 is 10.3 Å². The van der Waals surface area contributed by atoms with Crippen molar-refractivity contribution in [3.63, 3.8) is 0 Å². The van der Waals surface area contributed by atoms with Crippen molar-refractivity contribution in [2.45, 2.75) is 20.3 Å². The molecule has 150 valence electrons. The second-order valence-corrected chi connectivity index (χ2v) is 6.20. The highest BCUT2D eigenvalue weighted by atomic mass is 19.1. The van der Waals surface area contributed by atoms with Crippen LogP contribution in [0.25, 0.3) is 22.7 Å². The van der Waals surface area contributed by atoms with Gasteiger partial charge >= 0.3 is 5.97 Å². The Hall–Kier alpha value is -3.48. The SMILES string of the molecule is CCOC(=O)/C=C/c1cc2c(=O)n(-c3ccc(OC)cc3)c(CC)nc2cc1F. The molecule has 1 heterocycles. The number of fused-ring (bicyclic) bond motifs is 1. The molecule has 0 N–H and O–H groups in total. The van der Waals surface area contributed by atoms with Crippen LogP contribution in [-0.4, -0.2) is 29.2 Å². The Bertz CT molecular complexity index is 1130. The molecule has 0 bridgehead atoms. The van der Waals surface area contributed by atoms with E-state index in [9.17, 15) is 14.0 Å². The molecule has 2 aromatic carbocycles. The maximum absolute atomic E-state index is 14.5. The van der Waals surface area contributed by atoms with Crippen molar-refractivity contribution in [3.05, 3.63) is 70.0 Å². The highest BCUT2D eigenvalue weighted by Gasteiger charge is 2.14. The first-order chi connectivity index (χ1) is 14.0. The van der Waals surface area contributed by atoms with Crippen LogP contribution >= 0.6 is 0 Å². The van der Waals surface area contributed by atoms with E-state index in [0.717, 1.165) is 6.08 Å². The lowest BCUT2D eigenvalue weighted by Crippen LogP contribution is -2.23. The van der Waals surface area contributed by atoms with E-state index >= 15 is 0 Å². The minimum absolute atomic E-state index is 0.106. The average molecular weight is 396 g/mol. The summed E-state index contributed by atoms with van der Waals surface area (Å²) in [6.07, 6.45) is 2.91. The molecule has 29 heavy (non-hydrogen) atoms. The molecule has 3 rings (SSSR count). The number of halogens is 1. The summed E-state index contributed by atoms with van der Waals surface area (Å²) in [6, 6.07) is 9.64. The number of carbonyl (C=O) groups is 1. The van der Waals surface area contributed by atoms with Gasteiger partial charge in [-0.15, -0.1) is 0 Å². The summed E-state index contributed by atoms with van der Waals surface area (Å²) in [7, 11) is 1.57. The highest BCUT2D eigenvalue weighted by Crippen LogP contribution is 2.20. The summed E-state index contributed by atoms with van der Waals surface area (Å²) in [5.74, 6) is 0.0280. The summed E-state index contributed by atoms with van der Waals surface area (Å²) in [5.41, 5.74) is 0.690. The molecule has 7 heteroatoms. The summed E-state index contributed by atoms with van der Waals surface area (Å²) >= 11 is 0. The minimum Gasteiger partial charge on any atom is -0.497 e. The van der Waals surface area contributed by atoms with Gasteiger partial charge in [0.15, 0.2) is 0 Å². The second-order valence-electron chi connectivity index (χ2n) is 6.20. The molecule has 0 atom stereocenters. The summed E-state index contributed by atoms with van der Waals surface area (Å²) in [5, 5.41) is 0.253. The molecule has 0 aliphatic carbocycles. The largest absolute Gasteiger partial charge is 0.497 e. The lowest BCUT2D eigenvalue weighted by molar-refractivity contribution is -0.137.